The first-order valence-corrected chi connectivity index (χ1v) is 14.1. The van der Waals surface area contributed by atoms with Crippen molar-refractivity contribution in [2.45, 2.75) is 83.0 Å². The van der Waals surface area contributed by atoms with E-state index in [4.69, 9.17) is 4.74 Å². The molecule has 42 heavy (non-hydrogen) atoms. The van der Waals surface area contributed by atoms with Gasteiger partial charge in [0, 0.05) is 42.2 Å². The van der Waals surface area contributed by atoms with Gasteiger partial charge in [0.1, 0.15) is 17.0 Å². The lowest BCUT2D eigenvalue weighted by atomic mass is 9.87. The van der Waals surface area contributed by atoms with Crippen LogP contribution in [0, 0.1) is 0 Å². The number of hydrogen-bond donors (Lipinski definition) is 3. The number of aromatic nitrogens is 1. The Morgan fingerprint density at radius 1 is 1.10 bits per heavy atom. The highest BCUT2D eigenvalue weighted by Crippen LogP contribution is 2.36. The lowest BCUT2D eigenvalue weighted by Gasteiger charge is -2.38. The first-order chi connectivity index (χ1) is 19.7. The number of para-hydroxylation sites is 1. The maximum Gasteiger partial charge on any atom is 0.433 e. The summed E-state index contributed by atoms with van der Waals surface area (Å²) in [4.78, 5) is 31.2. The lowest BCUT2D eigenvalue weighted by molar-refractivity contribution is -0.140. The quantitative estimate of drug-likeness (QED) is 0.324. The van der Waals surface area contributed by atoms with Crippen molar-refractivity contribution in [1.82, 2.24) is 15.2 Å². The number of ether oxygens (including phenoxy) is 1. The number of carbonyl (C=O) groups excluding carboxylic acids is 2. The average Bonchev–Trinajstić information content (AvgIpc) is 2.90. The molecule has 1 aliphatic heterocycles. The van der Waals surface area contributed by atoms with E-state index in [0.29, 0.717) is 49.7 Å². The number of pyridine rings is 1. The molecule has 3 aromatic rings. The minimum atomic E-state index is -4.65. The van der Waals surface area contributed by atoms with E-state index in [2.05, 4.69) is 15.6 Å². The Bertz CT molecular complexity index is 1500. The zero-order valence-electron chi connectivity index (χ0n) is 23.8. The second-order valence-electron chi connectivity index (χ2n) is 12.1. The lowest BCUT2D eigenvalue weighted by Crippen LogP contribution is -2.49. The van der Waals surface area contributed by atoms with Crippen molar-refractivity contribution < 1.29 is 32.6 Å². The Kier molecular flexibility index (Phi) is 7.82. The number of benzene rings is 2. The van der Waals surface area contributed by atoms with Crippen molar-refractivity contribution in [3.05, 3.63) is 70.9 Å². The molecule has 1 saturated carbocycles. The summed E-state index contributed by atoms with van der Waals surface area (Å²) in [5.74, 6) is -0.324. The molecule has 2 aliphatic rings. The van der Waals surface area contributed by atoms with Gasteiger partial charge in [0.25, 0.3) is 5.91 Å². The summed E-state index contributed by atoms with van der Waals surface area (Å²) >= 11 is 0. The van der Waals surface area contributed by atoms with E-state index in [1.807, 2.05) is 26.8 Å². The van der Waals surface area contributed by atoms with E-state index in [0.717, 1.165) is 17.2 Å². The number of carbonyl (C=O) groups is 2. The summed E-state index contributed by atoms with van der Waals surface area (Å²) in [7, 11) is 0. The number of aliphatic hydroxyl groups is 1. The van der Waals surface area contributed by atoms with Crippen LogP contribution in [-0.4, -0.2) is 50.9 Å². The zero-order chi connectivity index (χ0) is 30.3. The molecule has 2 atom stereocenters. The van der Waals surface area contributed by atoms with E-state index in [9.17, 15) is 27.9 Å². The SMILES string of the molecule is CC(C)(C)OC(=O)N1CCc2ccc(C(=O)N[C@@H]3CCC[C@](O)(Nc4cc(C(F)(F)F)nc5ccccc45)C3)cc2C1. The van der Waals surface area contributed by atoms with Crippen LogP contribution in [0.1, 0.15) is 73.6 Å². The number of nitrogens with zero attached hydrogens (tertiary/aromatic N) is 2. The van der Waals surface area contributed by atoms with Crippen molar-refractivity contribution in [3.8, 4) is 0 Å². The molecule has 3 N–H and O–H groups in total. The van der Waals surface area contributed by atoms with Crippen LogP contribution in [0.15, 0.2) is 48.5 Å². The van der Waals surface area contributed by atoms with Crippen LogP contribution in [0.3, 0.4) is 0 Å². The minimum absolute atomic E-state index is 0.105. The molecule has 2 amide bonds. The summed E-state index contributed by atoms with van der Waals surface area (Å²) in [5, 5.41) is 17.8. The van der Waals surface area contributed by atoms with Crippen molar-refractivity contribution in [3.63, 3.8) is 0 Å². The molecular formula is C31H35F3N4O4. The number of fused-ring (bicyclic) bond motifs is 2. The third kappa shape index (κ3) is 6.78. The van der Waals surface area contributed by atoms with Crippen molar-refractivity contribution in [2.24, 2.45) is 0 Å². The number of amides is 2. The second-order valence-corrected chi connectivity index (χ2v) is 12.1. The molecule has 0 spiro atoms. The van der Waals surface area contributed by atoms with Gasteiger partial charge in [-0.3, -0.25) is 4.79 Å². The highest BCUT2D eigenvalue weighted by Gasteiger charge is 2.38. The molecule has 5 rings (SSSR count). The topological polar surface area (TPSA) is 104 Å². The van der Waals surface area contributed by atoms with E-state index in [1.54, 1.807) is 35.2 Å². The molecular weight excluding hydrogens is 549 g/mol. The van der Waals surface area contributed by atoms with Crippen LogP contribution in [0.2, 0.25) is 0 Å². The van der Waals surface area contributed by atoms with Gasteiger partial charge >= 0.3 is 12.3 Å². The monoisotopic (exact) mass is 584 g/mol. The molecule has 2 heterocycles. The standard InChI is InChI=1S/C31H35F3N4O4/c1-29(2,3)42-28(40)38-14-12-19-10-11-20(15-21(19)18-38)27(39)35-22-7-6-13-30(41,17-22)37-25-16-26(31(32,33)34)36-24-9-5-4-8-23(24)25/h4-5,8-11,15-16,22,41H,6-7,12-14,17-18H2,1-3H3,(H,35,39)(H,36,37)/t22-,30-/m1/s1. The summed E-state index contributed by atoms with van der Waals surface area (Å²) in [6.45, 7) is 6.29. The Balaban J connectivity index is 1.28. The molecule has 0 bridgehead atoms. The van der Waals surface area contributed by atoms with Crippen molar-refractivity contribution >= 4 is 28.6 Å². The molecule has 0 saturated heterocycles. The van der Waals surface area contributed by atoms with Crippen LogP contribution in [0.25, 0.3) is 10.9 Å². The van der Waals surface area contributed by atoms with Crippen LogP contribution in [0.5, 0.6) is 0 Å². The predicted octanol–water partition coefficient (Wildman–Crippen LogP) is 6.02. The third-order valence-electron chi connectivity index (χ3n) is 7.57. The number of anilines is 1. The Labute approximate surface area is 242 Å². The van der Waals surface area contributed by atoms with Gasteiger partial charge in [0.2, 0.25) is 0 Å². The fourth-order valence-electron chi connectivity index (χ4n) is 5.61. The minimum Gasteiger partial charge on any atom is -0.444 e. The molecule has 11 heteroatoms. The molecule has 0 unspecified atom stereocenters. The number of hydrogen-bond acceptors (Lipinski definition) is 6. The summed E-state index contributed by atoms with van der Waals surface area (Å²) in [6.07, 6.45) is -2.83. The predicted molar refractivity (Wildman–Crippen MR) is 152 cm³/mol. The van der Waals surface area contributed by atoms with Gasteiger partial charge in [-0.1, -0.05) is 24.3 Å². The fraction of sp³-hybridized carbons (Fsp3) is 0.452. The van der Waals surface area contributed by atoms with Gasteiger partial charge in [-0.05, 0) is 81.8 Å². The van der Waals surface area contributed by atoms with Gasteiger partial charge in [0.15, 0.2) is 0 Å². The van der Waals surface area contributed by atoms with Gasteiger partial charge in [-0.15, -0.1) is 0 Å². The number of nitrogens with one attached hydrogen (secondary N) is 2. The smallest absolute Gasteiger partial charge is 0.433 e. The van der Waals surface area contributed by atoms with Gasteiger partial charge in [0.05, 0.1) is 5.52 Å². The van der Waals surface area contributed by atoms with Crippen LogP contribution < -0.4 is 10.6 Å². The maximum absolute atomic E-state index is 13.5. The first-order valence-electron chi connectivity index (χ1n) is 14.1. The normalized spacial score (nSPS) is 21.0. The highest BCUT2D eigenvalue weighted by molar-refractivity contribution is 5.95. The Morgan fingerprint density at radius 3 is 2.60 bits per heavy atom. The number of halogens is 3. The fourth-order valence-corrected chi connectivity index (χ4v) is 5.61. The van der Waals surface area contributed by atoms with Crippen molar-refractivity contribution in [1.29, 1.82) is 0 Å². The van der Waals surface area contributed by atoms with E-state index in [1.165, 1.54) is 6.07 Å². The van der Waals surface area contributed by atoms with Crippen molar-refractivity contribution in [2.75, 3.05) is 11.9 Å². The first kappa shape index (κ1) is 29.6. The summed E-state index contributed by atoms with van der Waals surface area (Å²) in [5.41, 5.74) is -0.545. The highest BCUT2D eigenvalue weighted by atomic mass is 19.4. The van der Waals surface area contributed by atoms with Crippen LogP contribution >= 0.6 is 0 Å². The average molecular weight is 585 g/mol. The van der Waals surface area contributed by atoms with Gasteiger partial charge in [-0.2, -0.15) is 13.2 Å². The van der Waals surface area contributed by atoms with Crippen LogP contribution in [-0.2, 0) is 23.9 Å². The third-order valence-corrected chi connectivity index (χ3v) is 7.57. The van der Waals surface area contributed by atoms with Gasteiger partial charge < -0.3 is 25.4 Å². The summed E-state index contributed by atoms with van der Waals surface area (Å²) in [6, 6.07) is 12.4. The molecule has 1 fully saturated rings. The Hall–Kier alpha value is -3.86. The molecule has 1 aliphatic carbocycles. The molecule has 224 valence electrons. The Morgan fingerprint density at radius 2 is 1.86 bits per heavy atom. The molecule has 1 aromatic heterocycles. The largest absolute Gasteiger partial charge is 0.444 e. The van der Waals surface area contributed by atoms with Gasteiger partial charge in [-0.25, -0.2) is 9.78 Å². The van der Waals surface area contributed by atoms with E-state index in [-0.39, 0.29) is 23.5 Å². The number of alkyl halides is 3. The van der Waals surface area contributed by atoms with E-state index >= 15 is 0 Å². The maximum atomic E-state index is 13.5. The number of rotatable bonds is 4. The molecule has 8 nitrogen and oxygen atoms in total. The van der Waals surface area contributed by atoms with Crippen LogP contribution in [0.4, 0.5) is 23.7 Å². The second kappa shape index (κ2) is 11.1. The molecule has 2 aromatic carbocycles. The van der Waals surface area contributed by atoms with E-state index < -0.39 is 35.3 Å². The molecule has 0 radical (unpaired) electrons. The summed E-state index contributed by atoms with van der Waals surface area (Å²) < 4.78 is 46.1. The zero-order valence-corrected chi connectivity index (χ0v) is 23.8.